The van der Waals surface area contributed by atoms with Gasteiger partial charge in [0.25, 0.3) is 0 Å². The maximum atomic E-state index is 12.5. The highest BCUT2D eigenvalue weighted by molar-refractivity contribution is 6.33. The van der Waals surface area contributed by atoms with Crippen LogP contribution in [0.1, 0.15) is 10.4 Å². The van der Waals surface area contributed by atoms with Crippen LogP contribution in [0.3, 0.4) is 0 Å². The van der Waals surface area contributed by atoms with E-state index in [9.17, 15) is 4.79 Å². The third-order valence-electron chi connectivity index (χ3n) is 4.63. The van der Waals surface area contributed by atoms with Crippen LogP contribution in [0.5, 0.6) is 11.5 Å². The van der Waals surface area contributed by atoms with Crippen molar-refractivity contribution in [1.82, 2.24) is 4.90 Å². The van der Waals surface area contributed by atoms with E-state index in [1.54, 1.807) is 18.2 Å². The molecule has 0 unspecified atom stereocenters. The van der Waals surface area contributed by atoms with Crippen LogP contribution in [0.2, 0.25) is 5.02 Å². The molecule has 0 atom stereocenters. The Labute approximate surface area is 151 Å². The summed E-state index contributed by atoms with van der Waals surface area (Å²) in [7, 11) is 0. The minimum Gasteiger partial charge on any atom is -0.454 e. The molecular formula is C19H19ClN2O3. The van der Waals surface area contributed by atoms with Crippen molar-refractivity contribution >= 4 is 23.1 Å². The molecule has 2 aromatic carbocycles. The highest BCUT2D eigenvalue weighted by atomic mass is 35.5. The van der Waals surface area contributed by atoms with Gasteiger partial charge in [-0.3, -0.25) is 9.69 Å². The molecule has 0 saturated carbocycles. The molecule has 1 saturated heterocycles. The van der Waals surface area contributed by atoms with E-state index in [-0.39, 0.29) is 12.6 Å². The number of hydrogen-bond acceptors (Lipinski definition) is 5. The second kappa shape index (κ2) is 6.94. The molecule has 0 amide bonds. The van der Waals surface area contributed by atoms with Gasteiger partial charge in [0.2, 0.25) is 6.79 Å². The zero-order valence-corrected chi connectivity index (χ0v) is 14.5. The van der Waals surface area contributed by atoms with Gasteiger partial charge in [-0.05, 0) is 30.3 Å². The lowest BCUT2D eigenvalue weighted by molar-refractivity contribution is 0.0926. The summed E-state index contributed by atoms with van der Waals surface area (Å²) in [6, 6.07) is 13.2. The lowest BCUT2D eigenvalue weighted by atomic mass is 10.1. The Morgan fingerprint density at radius 3 is 2.56 bits per heavy atom. The fraction of sp³-hybridized carbons (Fsp3) is 0.316. The zero-order chi connectivity index (χ0) is 17.2. The Hall–Kier alpha value is -2.24. The van der Waals surface area contributed by atoms with Gasteiger partial charge in [-0.2, -0.15) is 0 Å². The third kappa shape index (κ3) is 3.43. The van der Waals surface area contributed by atoms with Crippen LogP contribution in [-0.2, 0) is 0 Å². The van der Waals surface area contributed by atoms with E-state index in [1.807, 2.05) is 24.3 Å². The van der Waals surface area contributed by atoms with Gasteiger partial charge in [0, 0.05) is 31.7 Å². The van der Waals surface area contributed by atoms with Crippen LogP contribution < -0.4 is 14.4 Å². The average Bonchev–Trinajstić information content (AvgIpc) is 3.10. The molecule has 4 rings (SSSR count). The number of hydrogen-bond donors (Lipinski definition) is 0. The minimum absolute atomic E-state index is 0.101. The van der Waals surface area contributed by atoms with E-state index in [0.29, 0.717) is 23.6 Å². The first kappa shape index (κ1) is 16.2. The number of nitrogens with zero attached hydrogens (tertiary/aromatic N) is 2. The van der Waals surface area contributed by atoms with Crippen molar-refractivity contribution in [2.45, 2.75) is 0 Å². The van der Waals surface area contributed by atoms with Gasteiger partial charge in [0.05, 0.1) is 17.3 Å². The first-order valence-electron chi connectivity index (χ1n) is 8.35. The van der Waals surface area contributed by atoms with Gasteiger partial charge in [0.15, 0.2) is 17.3 Å². The quantitative estimate of drug-likeness (QED) is 0.786. The van der Waals surface area contributed by atoms with Gasteiger partial charge in [-0.1, -0.05) is 23.7 Å². The Bertz CT molecular complexity index is 788. The topological polar surface area (TPSA) is 42.0 Å². The Morgan fingerprint density at radius 2 is 1.76 bits per heavy atom. The standard InChI is InChI=1S/C19H19ClN2O3/c20-15-3-1-2-4-16(15)22-9-7-21(8-10-22)12-17(23)14-5-6-18-19(11-14)25-13-24-18/h1-6,11H,7-10,12-13H2. The molecule has 6 heteroatoms. The lowest BCUT2D eigenvalue weighted by Gasteiger charge is -2.36. The number of anilines is 1. The van der Waals surface area contributed by atoms with E-state index in [4.69, 9.17) is 21.1 Å². The molecule has 2 aliphatic heterocycles. The number of ketones is 1. The number of Topliss-reactive ketones (excluding diaryl/α,β-unsaturated/α-hetero) is 1. The molecule has 2 aromatic rings. The monoisotopic (exact) mass is 358 g/mol. The summed E-state index contributed by atoms with van der Waals surface area (Å²) in [5.41, 5.74) is 1.73. The number of carbonyl (C=O) groups is 1. The van der Waals surface area contributed by atoms with E-state index in [2.05, 4.69) is 9.80 Å². The van der Waals surface area contributed by atoms with Crippen molar-refractivity contribution < 1.29 is 14.3 Å². The van der Waals surface area contributed by atoms with E-state index >= 15 is 0 Å². The molecule has 0 N–H and O–H groups in total. The number of carbonyl (C=O) groups excluding carboxylic acids is 1. The number of ether oxygens (including phenoxy) is 2. The van der Waals surface area contributed by atoms with Gasteiger partial charge in [-0.15, -0.1) is 0 Å². The van der Waals surface area contributed by atoms with Crippen molar-refractivity contribution in [2.75, 3.05) is 44.4 Å². The molecule has 1 fully saturated rings. The Balaban J connectivity index is 1.35. The lowest BCUT2D eigenvalue weighted by Crippen LogP contribution is -2.48. The summed E-state index contributed by atoms with van der Waals surface area (Å²) in [5.74, 6) is 1.45. The fourth-order valence-electron chi connectivity index (χ4n) is 3.22. The predicted molar refractivity (Wildman–Crippen MR) is 97.0 cm³/mol. The largest absolute Gasteiger partial charge is 0.454 e. The van der Waals surface area contributed by atoms with Crippen LogP contribution in [0.15, 0.2) is 42.5 Å². The molecule has 0 aromatic heterocycles. The second-order valence-corrected chi connectivity index (χ2v) is 6.61. The van der Waals surface area contributed by atoms with Gasteiger partial charge in [0.1, 0.15) is 0 Å². The van der Waals surface area contributed by atoms with Gasteiger partial charge in [-0.25, -0.2) is 0 Å². The number of para-hydroxylation sites is 1. The first-order chi connectivity index (χ1) is 12.2. The van der Waals surface area contributed by atoms with Crippen molar-refractivity contribution in [3.63, 3.8) is 0 Å². The molecule has 0 aliphatic carbocycles. The fourth-order valence-corrected chi connectivity index (χ4v) is 3.47. The molecule has 2 aliphatic rings. The van der Waals surface area contributed by atoms with Crippen molar-refractivity contribution in [3.05, 3.63) is 53.1 Å². The summed E-state index contributed by atoms with van der Waals surface area (Å²) in [5, 5.41) is 0.771. The molecule has 0 bridgehead atoms. The van der Waals surface area contributed by atoms with Crippen LogP contribution in [-0.4, -0.2) is 50.2 Å². The summed E-state index contributed by atoms with van der Waals surface area (Å²) in [6.45, 7) is 4.02. The number of fused-ring (bicyclic) bond motifs is 1. The smallest absolute Gasteiger partial charge is 0.231 e. The van der Waals surface area contributed by atoms with Crippen molar-refractivity contribution in [2.24, 2.45) is 0 Å². The summed E-state index contributed by atoms with van der Waals surface area (Å²) in [6.07, 6.45) is 0. The van der Waals surface area contributed by atoms with Crippen LogP contribution in [0.4, 0.5) is 5.69 Å². The normalized spacial score (nSPS) is 16.9. The SMILES string of the molecule is O=C(CN1CCN(c2ccccc2Cl)CC1)c1ccc2c(c1)OCO2. The number of piperazine rings is 1. The summed E-state index contributed by atoms with van der Waals surface area (Å²) in [4.78, 5) is 17.0. The average molecular weight is 359 g/mol. The minimum atomic E-state index is 0.101. The molecule has 25 heavy (non-hydrogen) atoms. The predicted octanol–water partition coefficient (Wildman–Crippen LogP) is 3.07. The summed E-state index contributed by atoms with van der Waals surface area (Å²) >= 11 is 6.27. The van der Waals surface area contributed by atoms with E-state index in [1.165, 1.54) is 0 Å². The third-order valence-corrected chi connectivity index (χ3v) is 4.95. The maximum Gasteiger partial charge on any atom is 0.231 e. The van der Waals surface area contributed by atoms with E-state index in [0.717, 1.165) is 36.9 Å². The highest BCUT2D eigenvalue weighted by Gasteiger charge is 2.22. The van der Waals surface area contributed by atoms with Gasteiger partial charge < -0.3 is 14.4 Å². The first-order valence-corrected chi connectivity index (χ1v) is 8.73. The molecule has 2 heterocycles. The summed E-state index contributed by atoms with van der Waals surface area (Å²) < 4.78 is 10.6. The molecule has 5 nitrogen and oxygen atoms in total. The van der Waals surface area contributed by atoms with Crippen molar-refractivity contribution in [1.29, 1.82) is 0 Å². The van der Waals surface area contributed by atoms with E-state index < -0.39 is 0 Å². The van der Waals surface area contributed by atoms with Crippen LogP contribution in [0, 0.1) is 0 Å². The van der Waals surface area contributed by atoms with Crippen LogP contribution >= 0.6 is 11.6 Å². The molecule has 0 radical (unpaired) electrons. The van der Waals surface area contributed by atoms with Crippen molar-refractivity contribution in [3.8, 4) is 11.5 Å². The number of rotatable bonds is 4. The maximum absolute atomic E-state index is 12.5. The molecule has 130 valence electrons. The molecule has 0 spiro atoms. The van der Waals surface area contributed by atoms with Gasteiger partial charge >= 0.3 is 0 Å². The number of halogens is 1. The second-order valence-electron chi connectivity index (χ2n) is 6.21. The number of benzene rings is 2. The van der Waals surface area contributed by atoms with Crippen LogP contribution in [0.25, 0.3) is 0 Å². The molecular weight excluding hydrogens is 340 g/mol. The Morgan fingerprint density at radius 1 is 1.00 bits per heavy atom. The highest BCUT2D eigenvalue weighted by Crippen LogP contribution is 2.32. The zero-order valence-electron chi connectivity index (χ0n) is 13.8. The Kier molecular flexibility index (Phi) is 4.51.